The lowest BCUT2D eigenvalue weighted by Crippen LogP contribution is -2.21. The molecule has 0 fully saturated rings. The maximum absolute atomic E-state index is 5.82. The largest absolute Gasteiger partial charge is 0.428 e. The Balaban J connectivity index is 1.98. The summed E-state index contributed by atoms with van der Waals surface area (Å²) in [5.41, 5.74) is 0. The number of aromatic nitrogens is 3. The number of halogens is 1. The van der Waals surface area contributed by atoms with Crippen LogP contribution in [-0.4, -0.2) is 21.2 Å². The molecule has 0 atom stereocenters. The fraction of sp³-hybridized carbons (Fsp3) is 0.364. The third kappa shape index (κ3) is 3.90. The van der Waals surface area contributed by atoms with Crippen molar-refractivity contribution in [3.63, 3.8) is 0 Å². The summed E-state index contributed by atoms with van der Waals surface area (Å²) in [6, 6.07) is 2.09. The second-order valence-corrected chi connectivity index (χ2v) is 5.40. The average molecular weight is 285 g/mol. The molecule has 0 aliphatic heterocycles. The lowest BCUT2D eigenvalue weighted by atomic mass is 10.4. The van der Waals surface area contributed by atoms with Gasteiger partial charge < -0.3 is 10.1 Å². The minimum Gasteiger partial charge on any atom is -0.428 e. The summed E-state index contributed by atoms with van der Waals surface area (Å²) >= 11 is 7.21. The van der Waals surface area contributed by atoms with Crippen LogP contribution in [0.25, 0.3) is 0 Å². The zero-order valence-electron chi connectivity index (χ0n) is 10.1. The van der Waals surface area contributed by atoms with Gasteiger partial charge in [0.05, 0.1) is 17.8 Å². The van der Waals surface area contributed by atoms with Crippen LogP contribution in [0.4, 0.5) is 0 Å². The molecule has 5 nitrogen and oxygen atoms in total. The average Bonchev–Trinajstić information content (AvgIpc) is 2.74. The first kappa shape index (κ1) is 13.2. The van der Waals surface area contributed by atoms with Crippen molar-refractivity contribution in [2.75, 3.05) is 0 Å². The van der Waals surface area contributed by atoms with Crippen molar-refractivity contribution in [3.8, 4) is 10.9 Å². The quantitative estimate of drug-likeness (QED) is 0.915. The van der Waals surface area contributed by atoms with Gasteiger partial charge in [0.15, 0.2) is 0 Å². The van der Waals surface area contributed by atoms with E-state index < -0.39 is 0 Å². The Bertz CT molecular complexity index is 517. The molecular formula is C11H13ClN4OS. The highest BCUT2D eigenvalue weighted by atomic mass is 35.5. The van der Waals surface area contributed by atoms with Crippen LogP contribution in [0.1, 0.15) is 18.9 Å². The summed E-state index contributed by atoms with van der Waals surface area (Å²) in [7, 11) is 0. The van der Waals surface area contributed by atoms with E-state index in [1.807, 2.05) is 0 Å². The van der Waals surface area contributed by atoms with Gasteiger partial charge in [0.2, 0.25) is 0 Å². The molecular weight excluding hydrogens is 272 g/mol. The van der Waals surface area contributed by atoms with Crippen LogP contribution in [0.3, 0.4) is 0 Å². The summed E-state index contributed by atoms with van der Waals surface area (Å²) in [6.07, 6.45) is 3.13. The third-order valence-electron chi connectivity index (χ3n) is 1.99. The number of hydrogen-bond donors (Lipinski definition) is 1. The Morgan fingerprint density at radius 3 is 2.94 bits per heavy atom. The van der Waals surface area contributed by atoms with Crippen LogP contribution in [0.2, 0.25) is 5.02 Å². The highest BCUT2D eigenvalue weighted by Gasteiger charge is 2.07. The molecule has 0 radical (unpaired) electrons. The van der Waals surface area contributed by atoms with Crippen LogP contribution in [0, 0.1) is 0 Å². The summed E-state index contributed by atoms with van der Waals surface area (Å²) in [6.45, 7) is 4.85. The van der Waals surface area contributed by atoms with Crippen molar-refractivity contribution in [2.24, 2.45) is 0 Å². The van der Waals surface area contributed by atoms with Crippen molar-refractivity contribution in [3.05, 3.63) is 28.5 Å². The summed E-state index contributed by atoms with van der Waals surface area (Å²) in [5, 5.41) is 13.2. The third-order valence-corrected chi connectivity index (χ3v) is 3.00. The van der Waals surface area contributed by atoms with E-state index in [1.54, 1.807) is 18.5 Å². The standard InChI is InChI=1S/C11H13ClN4OS/c1-7(2)14-6-10-15-16-11(18-10)17-9-3-8(12)4-13-5-9/h3-5,7,14H,6H2,1-2H3. The summed E-state index contributed by atoms with van der Waals surface area (Å²) < 4.78 is 5.52. The van der Waals surface area contributed by atoms with Crippen LogP contribution < -0.4 is 10.1 Å². The molecule has 96 valence electrons. The van der Waals surface area contributed by atoms with Gasteiger partial charge in [0.1, 0.15) is 10.8 Å². The number of ether oxygens (including phenoxy) is 1. The SMILES string of the molecule is CC(C)NCc1nnc(Oc2cncc(Cl)c2)s1. The molecule has 0 aliphatic rings. The molecule has 18 heavy (non-hydrogen) atoms. The van der Waals surface area contributed by atoms with Gasteiger partial charge in [-0.15, -0.1) is 5.10 Å². The first-order chi connectivity index (χ1) is 8.63. The molecule has 0 spiro atoms. The maximum Gasteiger partial charge on any atom is 0.299 e. The van der Waals surface area contributed by atoms with Gasteiger partial charge in [-0.3, -0.25) is 4.98 Å². The predicted molar refractivity (Wildman–Crippen MR) is 71.2 cm³/mol. The molecule has 0 saturated carbocycles. The minimum atomic E-state index is 0.412. The molecule has 0 saturated heterocycles. The number of hydrogen-bond acceptors (Lipinski definition) is 6. The zero-order valence-corrected chi connectivity index (χ0v) is 11.6. The highest BCUT2D eigenvalue weighted by Crippen LogP contribution is 2.25. The fourth-order valence-electron chi connectivity index (χ4n) is 1.19. The van der Waals surface area contributed by atoms with E-state index in [-0.39, 0.29) is 0 Å². The molecule has 2 rings (SSSR count). The normalized spacial score (nSPS) is 10.9. The molecule has 2 aromatic rings. The van der Waals surface area contributed by atoms with Crippen molar-refractivity contribution in [1.29, 1.82) is 0 Å². The molecule has 7 heteroatoms. The van der Waals surface area contributed by atoms with E-state index in [1.165, 1.54) is 11.3 Å². The van der Waals surface area contributed by atoms with E-state index in [9.17, 15) is 0 Å². The van der Waals surface area contributed by atoms with Crippen molar-refractivity contribution in [1.82, 2.24) is 20.5 Å². The number of pyridine rings is 1. The van der Waals surface area contributed by atoms with Crippen molar-refractivity contribution in [2.45, 2.75) is 26.4 Å². The lowest BCUT2D eigenvalue weighted by Gasteiger charge is -2.03. The Morgan fingerprint density at radius 2 is 2.22 bits per heavy atom. The van der Waals surface area contributed by atoms with E-state index in [0.29, 0.717) is 28.6 Å². The molecule has 0 amide bonds. The topological polar surface area (TPSA) is 59.9 Å². The van der Waals surface area contributed by atoms with Crippen LogP contribution >= 0.6 is 22.9 Å². The highest BCUT2D eigenvalue weighted by molar-refractivity contribution is 7.13. The smallest absolute Gasteiger partial charge is 0.299 e. The van der Waals surface area contributed by atoms with Crippen molar-refractivity contribution >= 4 is 22.9 Å². The van der Waals surface area contributed by atoms with Gasteiger partial charge in [-0.25, -0.2) is 0 Å². The Morgan fingerprint density at radius 1 is 1.39 bits per heavy atom. The molecule has 0 aliphatic carbocycles. The van der Waals surface area contributed by atoms with Gasteiger partial charge in [-0.2, -0.15) is 0 Å². The van der Waals surface area contributed by atoms with Crippen molar-refractivity contribution < 1.29 is 4.74 Å². The first-order valence-corrected chi connectivity index (χ1v) is 6.67. The van der Waals surface area contributed by atoms with Gasteiger partial charge >= 0.3 is 0 Å². The summed E-state index contributed by atoms with van der Waals surface area (Å²) in [4.78, 5) is 3.93. The predicted octanol–water partition coefficient (Wildman–Crippen LogP) is 2.88. The minimum absolute atomic E-state index is 0.412. The zero-order chi connectivity index (χ0) is 13.0. The van der Waals surface area contributed by atoms with Gasteiger partial charge in [0, 0.05) is 18.3 Å². The van der Waals surface area contributed by atoms with Gasteiger partial charge in [-0.05, 0) is 0 Å². The maximum atomic E-state index is 5.82. The first-order valence-electron chi connectivity index (χ1n) is 5.47. The molecule has 0 unspecified atom stereocenters. The molecule has 0 bridgehead atoms. The summed E-state index contributed by atoms with van der Waals surface area (Å²) in [5.74, 6) is 0.557. The van der Waals surface area contributed by atoms with Crippen LogP contribution in [-0.2, 0) is 6.54 Å². The van der Waals surface area contributed by atoms with E-state index in [0.717, 1.165) is 5.01 Å². The number of rotatable bonds is 5. The molecule has 2 aromatic heterocycles. The Labute approximate surface area is 114 Å². The molecule has 2 heterocycles. The molecule has 0 aromatic carbocycles. The van der Waals surface area contributed by atoms with E-state index in [2.05, 4.69) is 34.3 Å². The monoisotopic (exact) mass is 284 g/mol. The van der Waals surface area contributed by atoms with Gasteiger partial charge in [0.25, 0.3) is 5.19 Å². The lowest BCUT2D eigenvalue weighted by molar-refractivity contribution is 0.470. The fourth-order valence-corrected chi connectivity index (χ4v) is 2.01. The second kappa shape index (κ2) is 6.08. The number of nitrogens with zero attached hydrogens (tertiary/aromatic N) is 3. The van der Waals surface area contributed by atoms with Gasteiger partial charge in [-0.1, -0.05) is 41.9 Å². The Kier molecular flexibility index (Phi) is 4.46. The van der Waals surface area contributed by atoms with E-state index in [4.69, 9.17) is 16.3 Å². The Hall–Kier alpha value is -1.24. The number of nitrogens with one attached hydrogen (secondary N) is 1. The van der Waals surface area contributed by atoms with E-state index >= 15 is 0 Å². The second-order valence-electron chi connectivity index (χ2n) is 3.94. The molecule has 1 N–H and O–H groups in total. The van der Waals surface area contributed by atoms with Crippen LogP contribution in [0.15, 0.2) is 18.5 Å². The van der Waals surface area contributed by atoms with Crippen LogP contribution in [0.5, 0.6) is 10.9 Å².